The second-order valence-corrected chi connectivity index (χ2v) is 6.68. The number of hydrogen-bond acceptors (Lipinski definition) is 2. The lowest BCUT2D eigenvalue weighted by Crippen LogP contribution is -2.26. The third-order valence-electron chi connectivity index (χ3n) is 5.57. The molecule has 0 spiro atoms. The summed E-state index contributed by atoms with van der Waals surface area (Å²) in [6, 6.07) is 6.88. The van der Waals surface area contributed by atoms with Gasteiger partial charge in [-0.05, 0) is 67.1 Å². The van der Waals surface area contributed by atoms with Crippen LogP contribution in [0.25, 0.3) is 0 Å². The summed E-state index contributed by atoms with van der Waals surface area (Å²) in [6.07, 6.45) is 7.95. The molecule has 2 aliphatic carbocycles. The molecule has 4 rings (SSSR count). The summed E-state index contributed by atoms with van der Waals surface area (Å²) in [7, 11) is 0. The Morgan fingerprint density at radius 2 is 2.16 bits per heavy atom. The van der Waals surface area contributed by atoms with Crippen molar-refractivity contribution in [2.24, 2.45) is 23.5 Å². The predicted octanol–water partition coefficient (Wildman–Crippen LogP) is 3.45. The van der Waals surface area contributed by atoms with Crippen LogP contribution in [-0.2, 0) is 6.42 Å². The third-order valence-corrected chi connectivity index (χ3v) is 5.57. The largest absolute Gasteiger partial charge is 0.493 e. The second kappa shape index (κ2) is 4.52. The van der Waals surface area contributed by atoms with Gasteiger partial charge in [0.25, 0.3) is 0 Å². The van der Waals surface area contributed by atoms with Gasteiger partial charge in [0.1, 0.15) is 5.75 Å². The smallest absolute Gasteiger partial charge is 0.122 e. The molecule has 2 heteroatoms. The SMILES string of the molecule is NC(c1ccc2c(c1)CCCO2)C1CC2CCC1C2. The van der Waals surface area contributed by atoms with Crippen LogP contribution in [0.3, 0.4) is 0 Å². The highest BCUT2D eigenvalue weighted by Gasteiger charge is 2.42. The zero-order chi connectivity index (χ0) is 12.8. The van der Waals surface area contributed by atoms with Crippen molar-refractivity contribution >= 4 is 0 Å². The van der Waals surface area contributed by atoms with Crippen molar-refractivity contribution in [1.29, 1.82) is 0 Å². The Labute approximate surface area is 115 Å². The van der Waals surface area contributed by atoms with Crippen molar-refractivity contribution in [2.75, 3.05) is 6.61 Å². The average molecular weight is 257 g/mol. The van der Waals surface area contributed by atoms with Gasteiger partial charge in [-0.3, -0.25) is 0 Å². The molecule has 2 nitrogen and oxygen atoms in total. The number of benzene rings is 1. The van der Waals surface area contributed by atoms with Gasteiger partial charge in [0.05, 0.1) is 6.61 Å². The maximum atomic E-state index is 6.58. The number of aryl methyl sites for hydroxylation is 1. The lowest BCUT2D eigenvalue weighted by molar-refractivity contribution is 0.280. The molecule has 0 saturated heterocycles. The molecule has 1 heterocycles. The van der Waals surface area contributed by atoms with Crippen LogP contribution in [0.4, 0.5) is 0 Å². The molecule has 102 valence electrons. The Bertz CT molecular complexity index is 484. The summed E-state index contributed by atoms with van der Waals surface area (Å²) in [5.74, 6) is 3.67. The van der Waals surface area contributed by atoms with Crippen LogP contribution < -0.4 is 10.5 Å². The standard InChI is InChI=1S/C17H23NO/c18-17(15-9-11-3-4-12(15)8-11)14-5-6-16-13(10-14)2-1-7-19-16/h5-6,10-12,15,17H,1-4,7-9,18H2. The Morgan fingerprint density at radius 3 is 2.95 bits per heavy atom. The van der Waals surface area contributed by atoms with E-state index in [1.807, 2.05) is 0 Å². The maximum absolute atomic E-state index is 6.58. The van der Waals surface area contributed by atoms with Crippen LogP contribution in [0, 0.1) is 17.8 Å². The van der Waals surface area contributed by atoms with Crippen LogP contribution in [0.2, 0.25) is 0 Å². The minimum atomic E-state index is 0.238. The first-order chi connectivity index (χ1) is 9.31. The molecule has 0 radical (unpaired) electrons. The van der Waals surface area contributed by atoms with Gasteiger partial charge in [-0.25, -0.2) is 0 Å². The molecule has 1 aromatic rings. The quantitative estimate of drug-likeness (QED) is 0.880. The van der Waals surface area contributed by atoms with E-state index in [0.29, 0.717) is 0 Å². The normalized spacial score (nSPS) is 33.8. The van der Waals surface area contributed by atoms with Gasteiger partial charge in [-0.1, -0.05) is 18.6 Å². The van der Waals surface area contributed by atoms with E-state index in [0.717, 1.165) is 43.0 Å². The van der Waals surface area contributed by atoms with Gasteiger partial charge in [-0.15, -0.1) is 0 Å². The van der Waals surface area contributed by atoms with Gasteiger partial charge < -0.3 is 10.5 Å². The van der Waals surface area contributed by atoms with Crippen LogP contribution >= 0.6 is 0 Å². The van der Waals surface area contributed by atoms with E-state index >= 15 is 0 Å². The molecule has 1 aliphatic heterocycles. The topological polar surface area (TPSA) is 35.2 Å². The molecule has 0 amide bonds. The first-order valence-corrected chi connectivity index (χ1v) is 7.82. The Hall–Kier alpha value is -1.02. The molecule has 2 saturated carbocycles. The van der Waals surface area contributed by atoms with E-state index in [-0.39, 0.29) is 6.04 Å². The summed E-state index contributed by atoms with van der Waals surface area (Å²) in [4.78, 5) is 0. The summed E-state index contributed by atoms with van der Waals surface area (Å²) >= 11 is 0. The molecule has 2 fully saturated rings. The zero-order valence-electron chi connectivity index (χ0n) is 11.5. The number of ether oxygens (including phenoxy) is 1. The monoisotopic (exact) mass is 257 g/mol. The van der Waals surface area contributed by atoms with Gasteiger partial charge in [-0.2, -0.15) is 0 Å². The summed E-state index contributed by atoms with van der Waals surface area (Å²) in [6.45, 7) is 0.866. The predicted molar refractivity (Wildman–Crippen MR) is 76.1 cm³/mol. The second-order valence-electron chi connectivity index (χ2n) is 6.68. The average Bonchev–Trinajstić information content (AvgIpc) is 3.08. The maximum Gasteiger partial charge on any atom is 0.122 e. The van der Waals surface area contributed by atoms with E-state index < -0.39 is 0 Å². The number of fused-ring (bicyclic) bond motifs is 3. The van der Waals surface area contributed by atoms with Crippen LogP contribution in [0.15, 0.2) is 18.2 Å². The van der Waals surface area contributed by atoms with Crippen molar-refractivity contribution in [2.45, 2.75) is 44.6 Å². The highest BCUT2D eigenvalue weighted by atomic mass is 16.5. The van der Waals surface area contributed by atoms with E-state index in [1.54, 1.807) is 0 Å². The lowest BCUT2D eigenvalue weighted by atomic mass is 9.80. The number of rotatable bonds is 2. The molecule has 2 N–H and O–H groups in total. The van der Waals surface area contributed by atoms with E-state index in [9.17, 15) is 0 Å². The fourth-order valence-corrected chi connectivity index (χ4v) is 4.57. The molecule has 0 aromatic heterocycles. The van der Waals surface area contributed by atoms with Crippen LogP contribution in [0.5, 0.6) is 5.75 Å². The highest BCUT2D eigenvalue weighted by molar-refractivity contribution is 5.39. The van der Waals surface area contributed by atoms with E-state index in [2.05, 4.69) is 18.2 Å². The summed E-state index contributed by atoms with van der Waals surface area (Å²) in [5.41, 5.74) is 9.28. The number of hydrogen-bond donors (Lipinski definition) is 1. The van der Waals surface area contributed by atoms with Gasteiger partial charge >= 0.3 is 0 Å². The van der Waals surface area contributed by atoms with Gasteiger partial charge in [0.2, 0.25) is 0 Å². The molecular weight excluding hydrogens is 234 g/mol. The van der Waals surface area contributed by atoms with Crippen molar-refractivity contribution in [3.05, 3.63) is 29.3 Å². The molecule has 4 unspecified atom stereocenters. The molecular formula is C17H23NO. The van der Waals surface area contributed by atoms with Crippen molar-refractivity contribution in [3.63, 3.8) is 0 Å². The minimum absolute atomic E-state index is 0.238. The Kier molecular flexibility index (Phi) is 2.80. The van der Waals surface area contributed by atoms with Crippen molar-refractivity contribution in [3.8, 4) is 5.75 Å². The highest BCUT2D eigenvalue weighted by Crippen LogP contribution is 2.52. The first kappa shape index (κ1) is 11.8. The fourth-order valence-electron chi connectivity index (χ4n) is 4.57. The van der Waals surface area contributed by atoms with Gasteiger partial charge in [0, 0.05) is 6.04 Å². The van der Waals surface area contributed by atoms with E-state index in [4.69, 9.17) is 10.5 Å². The summed E-state index contributed by atoms with van der Waals surface area (Å²) < 4.78 is 5.69. The fraction of sp³-hybridized carbons (Fsp3) is 0.647. The van der Waals surface area contributed by atoms with Crippen molar-refractivity contribution in [1.82, 2.24) is 0 Å². The van der Waals surface area contributed by atoms with Crippen LogP contribution in [0.1, 0.15) is 49.3 Å². The molecule has 3 aliphatic rings. The Morgan fingerprint density at radius 1 is 1.21 bits per heavy atom. The van der Waals surface area contributed by atoms with E-state index in [1.165, 1.54) is 36.8 Å². The van der Waals surface area contributed by atoms with Crippen LogP contribution in [-0.4, -0.2) is 6.61 Å². The summed E-state index contributed by atoms with van der Waals surface area (Å²) in [5, 5.41) is 0. The zero-order valence-corrected chi connectivity index (χ0v) is 11.5. The molecule has 19 heavy (non-hydrogen) atoms. The third kappa shape index (κ3) is 1.97. The first-order valence-electron chi connectivity index (χ1n) is 7.82. The van der Waals surface area contributed by atoms with Gasteiger partial charge in [0.15, 0.2) is 0 Å². The van der Waals surface area contributed by atoms with Crippen molar-refractivity contribution < 1.29 is 4.74 Å². The Balaban J connectivity index is 1.58. The lowest BCUT2D eigenvalue weighted by Gasteiger charge is -2.29. The molecule has 1 aromatic carbocycles. The molecule has 2 bridgehead atoms. The minimum Gasteiger partial charge on any atom is -0.493 e. The number of nitrogens with two attached hydrogens (primary N) is 1. The molecule has 4 atom stereocenters.